The Morgan fingerprint density at radius 3 is 2.06 bits per heavy atom. The van der Waals surface area contributed by atoms with E-state index in [4.69, 9.17) is 15.2 Å². The molecule has 4 nitrogen and oxygen atoms in total. The predicted octanol–water partition coefficient (Wildman–Crippen LogP) is 1.62. The van der Waals surface area contributed by atoms with Gasteiger partial charge in [-0.05, 0) is 27.7 Å². The van der Waals surface area contributed by atoms with Crippen molar-refractivity contribution in [2.45, 2.75) is 51.6 Å². The Morgan fingerprint density at radius 2 is 1.76 bits per heavy atom. The van der Waals surface area contributed by atoms with Crippen LogP contribution in [0.2, 0.25) is 0 Å². The van der Waals surface area contributed by atoms with Crippen molar-refractivity contribution in [1.82, 2.24) is 0 Å². The number of alkyl halides is 3. The van der Waals surface area contributed by atoms with Gasteiger partial charge in [-0.15, -0.1) is 0 Å². The maximum atomic E-state index is 12.4. The van der Waals surface area contributed by atoms with E-state index < -0.39 is 29.9 Å². The molecule has 0 aliphatic heterocycles. The summed E-state index contributed by atoms with van der Waals surface area (Å²) in [7, 11) is 0. The third-order valence-corrected chi connectivity index (χ3v) is 1.69. The minimum absolute atomic E-state index is 0.0618. The lowest BCUT2D eigenvalue weighted by molar-refractivity contribution is -0.198. The molecule has 0 aromatic heterocycles. The van der Waals surface area contributed by atoms with Gasteiger partial charge in [0.05, 0.1) is 0 Å². The largest absolute Gasteiger partial charge is 0.458 e. The standard InChI is InChI=1S/C10H18F3NO3/c1-5-16-6(7(14)10(11,12)13)8(15)17-9(2,3)4/h6-7H,5,14H2,1-4H3/t6-,7-/m0/s1. The highest BCUT2D eigenvalue weighted by molar-refractivity contribution is 5.76. The monoisotopic (exact) mass is 257 g/mol. The molecule has 17 heavy (non-hydrogen) atoms. The van der Waals surface area contributed by atoms with E-state index in [1.54, 1.807) is 20.8 Å². The average Bonchev–Trinajstić information content (AvgIpc) is 2.08. The van der Waals surface area contributed by atoms with Crippen LogP contribution in [-0.4, -0.2) is 36.5 Å². The maximum absolute atomic E-state index is 12.4. The van der Waals surface area contributed by atoms with E-state index in [1.807, 2.05) is 0 Å². The zero-order valence-electron chi connectivity index (χ0n) is 10.3. The van der Waals surface area contributed by atoms with Crippen LogP contribution in [-0.2, 0) is 14.3 Å². The van der Waals surface area contributed by atoms with Gasteiger partial charge < -0.3 is 15.2 Å². The molecule has 0 fully saturated rings. The third-order valence-electron chi connectivity index (χ3n) is 1.69. The average molecular weight is 257 g/mol. The first-order valence-corrected chi connectivity index (χ1v) is 5.15. The molecule has 2 atom stereocenters. The SMILES string of the molecule is CCO[C@H](C(=O)OC(C)(C)C)[C@H](N)C(F)(F)F. The number of carbonyl (C=O) groups excluding carboxylic acids is 1. The van der Waals surface area contributed by atoms with Gasteiger partial charge in [-0.1, -0.05) is 0 Å². The summed E-state index contributed by atoms with van der Waals surface area (Å²) < 4.78 is 46.8. The summed E-state index contributed by atoms with van der Waals surface area (Å²) in [5.41, 5.74) is 4.06. The molecule has 0 radical (unpaired) electrons. The number of nitrogens with two attached hydrogens (primary N) is 1. The summed E-state index contributed by atoms with van der Waals surface area (Å²) in [4.78, 5) is 11.5. The van der Waals surface area contributed by atoms with Crippen molar-refractivity contribution in [2.75, 3.05) is 6.61 Å². The number of carbonyl (C=O) groups is 1. The van der Waals surface area contributed by atoms with Crippen LogP contribution in [0.4, 0.5) is 13.2 Å². The highest BCUT2D eigenvalue weighted by Gasteiger charge is 2.47. The topological polar surface area (TPSA) is 61.5 Å². The molecule has 0 spiro atoms. The second-order valence-electron chi connectivity index (χ2n) is 4.48. The van der Waals surface area contributed by atoms with Crippen LogP contribution >= 0.6 is 0 Å². The number of hydrogen-bond donors (Lipinski definition) is 1. The summed E-state index contributed by atoms with van der Waals surface area (Å²) in [6.07, 6.45) is -6.55. The highest BCUT2D eigenvalue weighted by Crippen LogP contribution is 2.24. The Balaban J connectivity index is 4.80. The van der Waals surface area contributed by atoms with Gasteiger partial charge in [-0.25, -0.2) is 4.79 Å². The summed E-state index contributed by atoms with van der Waals surface area (Å²) in [5.74, 6) is -1.11. The highest BCUT2D eigenvalue weighted by atomic mass is 19.4. The fraction of sp³-hybridized carbons (Fsp3) is 0.900. The number of hydrogen-bond acceptors (Lipinski definition) is 4. The van der Waals surface area contributed by atoms with E-state index in [-0.39, 0.29) is 6.61 Å². The Hall–Kier alpha value is -0.820. The molecule has 0 aromatic rings. The fourth-order valence-corrected chi connectivity index (χ4v) is 1.03. The van der Waals surface area contributed by atoms with Crippen LogP contribution < -0.4 is 5.73 Å². The van der Waals surface area contributed by atoms with Gasteiger partial charge in [0.25, 0.3) is 0 Å². The number of rotatable bonds is 4. The van der Waals surface area contributed by atoms with Crippen molar-refractivity contribution in [3.8, 4) is 0 Å². The van der Waals surface area contributed by atoms with E-state index in [9.17, 15) is 18.0 Å². The molecule has 0 unspecified atom stereocenters. The van der Waals surface area contributed by atoms with Crippen LogP contribution in [0.1, 0.15) is 27.7 Å². The summed E-state index contributed by atoms with van der Waals surface area (Å²) in [6, 6.07) is -2.39. The molecule has 0 bridgehead atoms. The van der Waals surface area contributed by atoms with Gasteiger partial charge in [0.15, 0.2) is 6.10 Å². The van der Waals surface area contributed by atoms with Crippen molar-refractivity contribution in [3.63, 3.8) is 0 Å². The fourth-order valence-electron chi connectivity index (χ4n) is 1.03. The molecule has 0 aliphatic rings. The number of ether oxygens (including phenoxy) is 2. The molecular weight excluding hydrogens is 239 g/mol. The first-order chi connectivity index (χ1) is 7.49. The lowest BCUT2D eigenvalue weighted by Gasteiger charge is -2.27. The number of esters is 1. The van der Waals surface area contributed by atoms with Crippen LogP contribution in [0, 0.1) is 0 Å². The van der Waals surface area contributed by atoms with Crippen LogP contribution in [0.3, 0.4) is 0 Å². The van der Waals surface area contributed by atoms with Gasteiger partial charge >= 0.3 is 12.1 Å². The lowest BCUT2D eigenvalue weighted by atomic mass is 10.1. The zero-order valence-corrected chi connectivity index (χ0v) is 10.3. The third kappa shape index (κ3) is 5.88. The van der Waals surface area contributed by atoms with Crippen molar-refractivity contribution in [2.24, 2.45) is 5.73 Å². The minimum Gasteiger partial charge on any atom is -0.458 e. The van der Waals surface area contributed by atoms with Crippen LogP contribution in [0.5, 0.6) is 0 Å². The smallest absolute Gasteiger partial charge is 0.406 e. The molecule has 2 N–H and O–H groups in total. The molecule has 0 saturated heterocycles. The van der Waals surface area contributed by atoms with E-state index in [1.165, 1.54) is 6.92 Å². The van der Waals surface area contributed by atoms with Crippen LogP contribution in [0.25, 0.3) is 0 Å². The number of halogens is 3. The maximum Gasteiger partial charge on any atom is 0.406 e. The molecule has 0 aromatic carbocycles. The summed E-state index contributed by atoms with van der Waals surface area (Å²) in [6.45, 7) is 6.06. The van der Waals surface area contributed by atoms with E-state index in [0.717, 1.165) is 0 Å². The first-order valence-electron chi connectivity index (χ1n) is 5.15. The summed E-state index contributed by atoms with van der Waals surface area (Å²) in [5, 5.41) is 0. The molecule has 0 amide bonds. The van der Waals surface area contributed by atoms with Crippen molar-refractivity contribution in [1.29, 1.82) is 0 Å². The molecule has 0 saturated carbocycles. The van der Waals surface area contributed by atoms with Crippen LogP contribution in [0.15, 0.2) is 0 Å². The molecule has 7 heteroatoms. The van der Waals surface area contributed by atoms with Crippen molar-refractivity contribution in [3.05, 3.63) is 0 Å². The lowest BCUT2D eigenvalue weighted by Crippen LogP contribution is -2.53. The van der Waals surface area contributed by atoms with Gasteiger partial charge in [-0.2, -0.15) is 13.2 Å². The Morgan fingerprint density at radius 1 is 1.29 bits per heavy atom. The molecule has 0 aliphatic carbocycles. The first kappa shape index (κ1) is 16.2. The van der Waals surface area contributed by atoms with E-state index in [2.05, 4.69) is 0 Å². The normalized spacial score (nSPS) is 16.5. The van der Waals surface area contributed by atoms with E-state index in [0.29, 0.717) is 0 Å². The van der Waals surface area contributed by atoms with E-state index >= 15 is 0 Å². The molecule has 0 rings (SSSR count). The van der Waals surface area contributed by atoms with Gasteiger partial charge in [0, 0.05) is 6.61 Å². The predicted molar refractivity (Wildman–Crippen MR) is 55.3 cm³/mol. The minimum atomic E-state index is -4.71. The zero-order chi connectivity index (χ0) is 13.9. The Bertz CT molecular complexity index is 261. The second kappa shape index (κ2) is 5.68. The molecular formula is C10H18F3NO3. The van der Waals surface area contributed by atoms with Crippen molar-refractivity contribution >= 4 is 5.97 Å². The quantitative estimate of drug-likeness (QED) is 0.777. The summed E-state index contributed by atoms with van der Waals surface area (Å²) >= 11 is 0. The van der Waals surface area contributed by atoms with Crippen molar-refractivity contribution < 1.29 is 27.4 Å². The second-order valence-corrected chi connectivity index (χ2v) is 4.48. The Kier molecular flexibility index (Phi) is 5.41. The van der Waals surface area contributed by atoms with Gasteiger partial charge in [0.1, 0.15) is 11.6 Å². The molecule has 0 heterocycles. The molecule has 102 valence electrons. The van der Waals surface area contributed by atoms with Gasteiger partial charge in [0.2, 0.25) is 0 Å². The Labute approximate surface area is 98.2 Å². The van der Waals surface area contributed by atoms with Gasteiger partial charge in [-0.3, -0.25) is 0 Å².